The van der Waals surface area contributed by atoms with E-state index in [2.05, 4.69) is 15.6 Å². The van der Waals surface area contributed by atoms with Crippen LogP contribution < -0.4 is 15.4 Å². The van der Waals surface area contributed by atoms with Gasteiger partial charge in [0.15, 0.2) is 5.78 Å². The Hall–Kier alpha value is -3.36. The first-order valence-electron chi connectivity index (χ1n) is 13.4. The van der Waals surface area contributed by atoms with E-state index in [-0.39, 0.29) is 41.3 Å². The molecule has 4 heterocycles. The van der Waals surface area contributed by atoms with Gasteiger partial charge in [-0.05, 0) is 68.1 Å². The third kappa shape index (κ3) is 3.73. The molecule has 1 aromatic heterocycles. The number of hydrogen-bond donors (Lipinski definition) is 3. The van der Waals surface area contributed by atoms with Crippen LogP contribution in [0, 0.1) is 17.3 Å². The van der Waals surface area contributed by atoms with E-state index in [1.54, 1.807) is 25.0 Å². The molecule has 2 aliphatic carbocycles. The Morgan fingerprint density at radius 2 is 2.00 bits per heavy atom. The maximum Gasteiger partial charge on any atom is 0.271 e. The molecule has 3 amide bonds. The summed E-state index contributed by atoms with van der Waals surface area (Å²) in [6.07, 6.45) is 4.76. The van der Waals surface area contributed by atoms with Gasteiger partial charge in [-0.3, -0.25) is 19.2 Å². The Balaban J connectivity index is 1.28. The lowest BCUT2D eigenvalue weighted by Crippen LogP contribution is -2.63. The molecular formula is C28H34N4O5. The molecule has 9 heteroatoms. The summed E-state index contributed by atoms with van der Waals surface area (Å²) < 4.78 is 5.46. The molecule has 9 nitrogen and oxygen atoms in total. The van der Waals surface area contributed by atoms with E-state index in [1.807, 2.05) is 18.2 Å². The van der Waals surface area contributed by atoms with E-state index in [4.69, 9.17) is 4.74 Å². The summed E-state index contributed by atoms with van der Waals surface area (Å²) in [5.74, 6) is 0.311. The van der Waals surface area contributed by atoms with Crippen LogP contribution in [0.1, 0.15) is 62.4 Å². The zero-order valence-corrected chi connectivity index (χ0v) is 21.4. The highest BCUT2D eigenvalue weighted by Gasteiger charge is 2.73. The first kappa shape index (κ1) is 24.0. The molecule has 0 spiro atoms. The topological polar surface area (TPSA) is 121 Å². The fourth-order valence-corrected chi connectivity index (χ4v) is 7.08. The van der Waals surface area contributed by atoms with Crippen molar-refractivity contribution in [1.82, 2.24) is 20.5 Å². The maximum absolute atomic E-state index is 13.9. The molecule has 2 aromatic rings. The SMILES string of the molecule is CCC(=O)C(CC1CCNC1=O)NC(=O)C12CC(C3CC3)(CN1C(=O)c1cc3c(OC)cccc3[nH]1)C2. The van der Waals surface area contributed by atoms with Gasteiger partial charge >= 0.3 is 0 Å². The first-order valence-corrected chi connectivity index (χ1v) is 13.4. The van der Waals surface area contributed by atoms with Gasteiger partial charge in [0.05, 0.1) is 13.2 Å². The van der Waals surface area contributed by atoms with Crippen LogP contribution >= 0.6 is 0 Å². The molecular weight excluding hydrogens is 472 g/mol. The second-order valence-corrected chi connectivity index (χ2v) is 11.4. The van der Waals surface area contributed by atoms with Crippen molar-refractivity contribution in [3.05, 3.63) is 30.0 Å². The third-order valence-corrected chi connectivity index (χ3v) is 9.19. The van der Waals surface area contributed by atoms with Crippen LogP contribution in [0.4, 0.5) is 0 Å². The molecule has 2 unspecified atom stereocenters. The minimum absolute atomic E-state index is 0.0215. The van der Waals surface area contributed by atoms with Gasteiger partial charge in [0.25, 0.3) is 5.91 Å². The smallest absolute Gasteiger partial charge is 0.271 e. The minimum atomic E-state index is -0.967. The van der Waals surface area contributed by atoms with Crippen molar-refractivity contribution >= 4 is 34.4 Å². The molecule has 2 atom stereocenters. The number of ketones is 1. The van der Waals surface area contributed by atoms with Crippen molar-refractivity contribution < 1.29 is 23.9 Å². The number of nitrogens with one attached hydrogen (secondary N) is 3. The Kier molecular flexibility index (Phi) is 5.58. The maximum atomic E-state index is 13.9. The monoisotopic (exact) mass is 506 g/mol. The summed E-state index contributed by atoms with van der Waals surface area (Å²) in [6, 6.07) is 6.68. The number of amides is 3. The Morgan fingerprint density at radius 3 is 2.65 bits per heavy atom. The second-order valence-electron chi connectivity index (χ2n) is 11.4. The van der Waals surface area contributed by atoms with Crippen molar-refractivity contribution in [2.75, 3.05) is 20.2 Å². The fraction of sp³-hybridized carbons (Fsp3) is 0.571. The van der Waals surface area contributed by atoms with Gasteiger partial charge in [0.1, 0.15) is 17.0 Å². The number of methoxy groups -OCH3 is 1. The largest absolute Gasteiger partial charge is 0.496 e. The molecule has 5 fully saturated rings. The number of carbonyl (C=O) groups excluding carboxylic acids is 4. The number of benzene rings is 1. The van der Waals surface area contributed by atoms with Crippen molar-refractivity contribution in [2.24, 2.45) is 17.3 Å². The first-order chi connectivity index (χ1) is 17.8. The summed E-state index contributed by atoms with van der Waals surface area (Å²) in [5.41, 5.74) is 0.236. The van der Waals surface area contributed by atoms with Gasteiger partial charge in [-0.1, -0.05) is 13.0 Å². The van der Waals surface area contributed by atoms with E-state index >= 15 is 0 Å². The molecule has 3 N–H and O–H groups in total. The van der Waals surface area contributed by atoms with Crippen LogP contribution in [0.25, 0.3) is 10.9 Å². The van der Waals surface area contributed by atoms with E-state index in [0.29, 0.717) is 56.1 Å². The summed E-state index contributed by atoms with van der Waals surface area (Å²) in [7, 11) is 1.60. The van der Waals surface area contributed by atoms with Crippen molar-refractivity contribution in [3.63, 3.8) is 0 Å². The summed E-state index contributed by atoms with van der Waals surface area (Å²) in [4.78, 5) is 57.8. The van der Waals surface area contributed by atoms with Gasteiger partial charge in [-0.15, -0.1) is 0 Å². The number of hydrogen-bond acceptors (Lipinski definition) is 5. The average molecular weight is 507 g/mol. The summed E-state index contributed by atoms with van der Waals surface area (Å²) >= 11 is 0. The zero-order valence-electron chi connectivity index (χ0n) is 21.4. The fourth-order valence-electron chi connectivity index (χ4n) is 7.08. The van der Waals surface area contributed by atoms with Crippen LogP contribution in [0.3, 0.4) is 0 Å². The van der Waals surface area contributed by atoms with Gasteiger partial charge < -0.3 is 25.3 Å². The van der Waals surface area contributed by atoms with Crippen LogP contribution in [-0.2, 0) is 14.4 Å². The number of aromatic nitrogens is 1. The van der Waals surface area contributed by atoms with Crippen LogP contribution in [0.15, 0.2) is 24.3 Å². The number of Topliss-reactive ketones (excluding diaryl/α,β-unsaturated/α-hetero) is 1. The predicted octanol–water partition coefficient (Wildman–Crippen LogP) is 2.55. The number of fused-ring (bicyclic) bond motifs is 2. The van der Waals surface area contributed by atoms with Crippen LogP contribution in [0.5, 0.6) is 5.75 Å². The highest BCUT2D eigenvalue weighted by atomic mass is 16.5. The molecule has 2 saturated carbocycles. The molecule has 0 radical (unpaired) electrons. The van der Waals surface area contributed by atoms with E-state index in [9.17, 15) is 19.2 Å². The van der Waals surface area contributed by atoms with Crippen molar-refractivity contribution in [2.45, 2.75) is 63.5 Å². The number of aromatic amines is 1. The lowest BCUT2D eigenvalue weighted by atomic mass is 9.59. The minimum Gasteiger partial charge on any atom is -0.496 e. The average Bonchev–Trinajstić information content (AvgIpc) is 3.23. The predicted molar refractivity (Wildman–Crippen MR) is 136 cm³/mol. The molecule has 37 heavy (non-hydrogen) atoms. The molecule has 7 rings (SSSR count). The Morgan fingerprint density at radius 1 is 1.22 bits per heavy atom. The number of ether oxygens (including phenoxy) is 1. The quantitative estimate of drug-likeness (QED) is 0.483. The molecule has 2 bridgehead atoms. The Bertz CT molecular complexity index is 1290. The number of carbonyl (C=O) groups is 4. The van der Waals surface area contributed by atoms with Gasteiger partial charge in [-0.2, -0.15) is 0 Å². The molecule has 1 aromatic carbocycles. The van der Waals surface area contributed by atoms with E-state index in [0.717, 1.165) is 23.7 Å². The third-order valence-electron chi connectivity index (χ3n) is 9.19. The number of rotatable bonds is 9. The summed E-state index contributed by atoms with van der Waals surface area (Å²) in [5, 5.41) is 6.63. The van der Waals surface area contributed by atoms with Gasteiger partial charge in [0.2, 0.25) is 11.8 Å². The lowest BCUT2D eigenvalue weighted by Gasteiger charge is -2.47. The number of H-pyrrole nitrogens is 1. The molecule has 3 saturated heterocycles. The summed E-state index contributed by atoms with van der Waals surface area (Å²) in [6.45, 7) is 2.91. The second kappa shape index (κ2) is 8.60. The zero-order chi connectivity index (χ0) is 25.9. The highest BCUT2D eigenvalue weighted by molar-refractivity contribution is 6.04. The van der Waals surface area contributed by atoms with E-state index in [1.165, 1.54) is 0 Å². The number of nitrogens with zero attached hydrogens (tertiary/aromatic N) is 1. The normalized spacial score (nSPS) is 29.1. The highest BCUT2D eigenvalue weighted by Crippen LogP contribution is 2.68. The Labute approximate surface area is 215 Å². The van der Waals surface area contributed by atoms with Gasteiger partial charge in [-0.25, -0.2) is 0 Å². The van der Waals surface area contributed by atoms with Crippen molar-refractivity contribution in [1.29, 1.82) is 0 Å². The molecule has 196 valence electrons. The van der Waals surface area contributed by atoms with Crippen LogP contribution in [0.2, 0.25) is 0 Å². The standard InChI is InChI=1S/C28H34N4O5/c1-3-22(33)20(11-16-9-10-29-24(16)34)31-26(36)28-13-27(14-28,17-7-8-17)15-32(28)25(35)21-12-18-19(30-21)5-4-6-23(18)37-2/h4-6,12,16-17,20,30H,3,7-11,13-15H2,1-2H3,(H,29,34)(H,31,36). The molecule has 5 aliphatic rings. The lowest BCUT2D eigenvalue weighted by molar-refractivity contribution is -0.139. The van der Waals surface area contributed by atoms with Crippen molar-refractivity contribution in [3.8, 4) is 5.75 Å². The van der Waals surface area contributed by atoms with Gasteiger partial charge in [0, 0.05) is 36.3 Å². The molecule has 3 aliphatic heterocycles. The van der Waals surface area contributed by atoms with E-state index < -0.39 is 11.6 Å². The van der Waals surface area contributed by atoms with Crippen LogP contribution in [-0.4, -0.2) is 65.2 Å².